The highest BCUT2D eigenvalue weighted by Gasteiger charge is 2.16. The van der Waals surface area contributed by atoms with Crippen LogP contribution < -0.4 is 0 Å². The summed E-state index contributed by atoms with van der Waals surface area (Å²) in [5.74, 6) is -0.627. The van der Waals surface area contributed by atoms with Crippen molar-refractivity contribution in [3.05, 3.63) is 158 Å². The number of esters is 2. The van der Waals surface area contributed by atoms with Crippen molar-refractivity contribution in [2.24, 2.45) is 0 Å². The number of hydrogen-bond donors (Lipinski definition) is 1. The van der Waals surface area contributed by atoms with Crippen molar-refractivity contribution >= 4 is 11.9 Å². The Morgan fingerprint density at radius 2 is 0.597 bits per heavy atom. The molecule has 0 aliphatic heterocycles. The van der Waals surface area contributed by atoms with Crippen LogP contribution >= 0.6 is 0 Å². The third-order valence-corrected chi connectivity index (χ3v) is 11.8. The van der Waals surface area contributed by atoms with Gasteiger partial charge in [0.15, 0.2) is 6.10 Å². The zero-order valence-electron chi connectivity index (χ0n) is 46.1. The number of aliphatic hydroxyl groups is 1. The maximum Gasteiger partial charge on any atom is 0.306 e. The smallest absolute Gasteiger partial charge is 0.306 e. The highest BCUT2D eigenvalue weighted by Crippen LogP contribution is 2.13. The van der Waals surface area contributed by atoms with E-state index in [0.717, 1.165) is 135 Å². The largest absolute Gasteiger partial charge is 0.462 e. The van der Waals surface area contributed by atoms with Crippen molar-refractivity contribution in [2.75, 3.05) is 13.2 Å². The summed E-state index contributed by atoms with van der Waals surface area (Å²) in [6.07, 6.45) is 93.5. The van der Waals surface area contributed by atoms with E-state index in [4.69, 9.17) is 9.47 Å². The molecule has 1 N–H and O–H groups in total. The number of carbonyl (C=O) groups is 2. The SMILES string of the molecule is CC/C=C\C/C=C\C/C=C\C/C=C\C/C=C\C/C=C\C/C=C\C/C=C\C/C=C\C/C=C\C/C=C\CCCCCCCC(=O)OC(CO)COC(=O)CCCCCCCCCCC/C=C\C/C=C\CCCCC. The first-order valence-corrected chi connectivity index (χ1v) is 29.0. The fourth-order valence-electron chi connectivity index (χ4n) is 7.47. The Hall–Kier alpha value is -4.48. The van der Waals surface area contributed by atoms with Crippen molar-refractivity contribution in [3.63, 3.8) is 0 Å². The minimum Gasteiger partial charge on any atom is -0.462 e. The van der Waals surface area contributed by atoms with Gasteiger partial charge in [0.2, 0.25) is 0 Å². The van der Waals surface area contributed by atoms with E-state index in [2.05, 4.69) is 172 Å². The molecule has 0 bridgehead atoms. The maximum absolute atomic E-state index is 12.3. The topological polar surface area (TPSA) is 72.8 Å². The Bertz CT molecular complexity index is 1590. The molecule has 0 fully saturated rings. The molecule has 1 atom stereocenters. The lowest BCUT2D eigenvalue weighted by Crippen LogP contribution is -2.28. The van der Waals surface area contributed by atoms with Crippen molar-refractivity contribution in [2.45, 2.75) is 238 Å². The zero-order valence-corrected chi connectivity index (χ0v) is 46.1. The van der Waals surface area contributed by atoms with Crippen LogP contribution in [0.25, 0.3) is 0 Å². The van der Waals surface area contributed by atoms with Gasteiger partial charge in [-0.25, -0.2) is 0 Å². The standard InChI is InChI=1S/C67H106O5/c1-3-5-7-9-11-13-15-17-19-21-23-24-25-26-27-28-29-30-31-32-33-34-35-36-37-38-39-40-41-42-44-46-48-50-52-54-56-58-60-62-67(70)72-65(63-68)64-71-66(69)61-59-57-55-53-51-49-47-45-43-22-20-18-16-14-12-10-8-6-4-2/h5,7,11-14,17-20,23-24,26-27,29-30,32-33,35-36,38-39,41-42,46,48,65,68H,3-4,6,8-10,15-16,21-22,25,28,31,34,37,40,43-45,47,49-64H2,1-2H3/b7-5-,13-11-,14-12-,19-17-,20-18-,24-23-,27-26-,30-29-,33-32-,36-35-,39-38-,42-41-,48-46-. The number of ether oxygens (including phenoxy) is 2. The molecule has 0 aromatic carbocycles. The fourth-order valence-corrected chi connectivity index (χ4v) is 7.47. The Labute approximate surface area is 443 Å². The van der Waals surface area contributed by atoms with Crippen molar-refractivity contribution in [1.29, 1.82) is 0 Å². The lowest BCUT2D eigenvalue weighted by atomic mass is 10.1. The van der Waals surface area contributed by atoms with Crippen LogP contribution in [0, 0.1) is 0 Å². The fraction of sp³-hybridized carbons (Fsp3) is 0.582. The molecule has 0 aliphatic carbocycles. The van der Waals surface area contributed by atoms with Gasteiger partial charge < -0.3 is 14.6 Å². The van der Waals surface area contributed by atoms with Gasteiger partial charge in [-0.05, 0) is 128 Å². The molecule has 0 radical (unpaired) electrons. The van der Waals surface area contributed by atoms with Gasteiger partial charge >= 0.3 is 11.9 Å². The molecular weight excluding hydrogens is 885 g/mol. The summed E-state index contributed by atoms with van der Waals surface area (Å²) in [4.78, 5) is 24.5. The Balaban J connectivity index is 3.66. The summed E-state index contributed by atoms with van der Waals surface area (Å²) >= 11 is 0. The summed E-state index contributed by atoms with van der Waals surface area (Å²) < 4.78 is 10.7. The molecule has 404 valence electrons. The highest BCUT2D eigenvalue weighted by atomic mass is 16.6. The van der Waals surface area contributed by atoms with Gasteiger partial charge in [0, 0.05) is 12.8 Å². The molecule has 0 rings (SSSR count). The normalized spacial score (nSPS) is 13.4. The molecule has 0 saturated carbocycles. The van der Waals surface area contributed by atoms with Crippen LogP contribution in [0.2, 0.25) is 0 Å². The van der Waals surface area contributed by atoms with Crippen LogP contribution in [0.3, 0.4) is 0 Å². The van der Waals surface area contributed by atoms with E-state index >= 15 is 0 Å². The summed E-state index contributed by atoms with van der Waals surface area (Å²) in [7, 11) is 0. The molecule has 1 unspecified atom stereocenters. The van der Waals surface area contributed by atoms with Gasteiger partial charge in [-0.15, -0.1) is 0 Å². The monoisotopic (exact) mass is 991 g/mol. The Kier molecular flexibility index (Phi) is 57.0. The summed E-state index contributed by atoms with van der Waals surface area (Å²) in [5, 5.41) is 9.65. The minimum absolute atomic E-state index is 0.0853. The zero-order chi connectivity index (χ0) is 52.0. The van der Waals surface area contributed by atoms with Gasteiger partial charge in [-0.1, -0.05) is 249 Å². The minimum atomic E-state index is -0.796. The van der Waals surface area contributed by atoms with Gasteiger partial charge in [0.05, 0.1) is 6.61 Å². The predicted octanol–water partition coefficient (Wildman–Crippen LogP) is 20.0. The van der Waals surface area contributed by atoms with Crippen LogP contribution in [0.4, 0.5) is 0 Å². The third-order valence-electron chi connectivity index (χ3n) is 11.8. The van der Waals surface area contributed by atoms with Crippen molar-refractivity contribution < 1.29 is 24.2 Å². The average Bonchev–Trinajstić information content (AvgIpc) is 3.38. The number of allylic oxidation sites excluding steroid dienone is 26. The number of rotatable bonds is 51. The summed E-state index contributed by atoms with van der Waals surface area (Å²) in [5.41, 5.74) is 0. The number of hydrogen-bond acceptors (Lipinski definition) is 5. The first kappa shape index (κ1) is 67.5. The van der Waals surface area contributed by atoms with Crippen molar-refractivity contribution in [1.82, 2.24) is 0 Å². The lowest BCUT2D eigenvalue weighted by molar-refractivity contribution is -0.161. The Morgan fingerprint density at radius 3 is 0.903 bits per heavy atom. The van der Waals surface area contributed by atoms with Crippen LogP contribution in [0.1, 0.15) is 232 Å². The van der Waals surface area contributed by atoms with E-state index in [1.165, 1.54) is 70.6 Å². The highest BCUT2D eigenvalue weighted by molar-refractivity contribution is 5.70. The van der Waals surface area contributed by atoms with E-state index in [1.54, 1.807) is 0 Å². The quantitative estimate of drug-likeness (QED) is 0.0373. The maximum atomic E-state index is 12.3. The van der Waals surface area contributed by atoms with Gasteiger partial charge in [-0.3, -0.25) is 9.59 Å². The predicted molar refractivity (Wildman–Crippen MR) is 315 cm³/mol. The van der Waals surface area contributed by atoms with Crippen molar-refractivity contribution in [3.8, 4) is 0 Å². The molecule has 0 saturated heterocycles. The molecule has 5 nitrogen and oxygen atoms in total. The van der Waals surface area contributed by atoms with E-state index in [9.17, 15) is 14.7 Å². The summed E-state index contributed by atoms with van der Waals surface area (Å²) in [6.45, 7) is 3.98. The number of aliphatic hydroxyl groups excluding tert-OH is 1. The second-order valence-electron chi connectivity index (χ2n) is 18.6. The second-order valence-corrected chi connectivity index (χ2v) is 18.6. The van der Waals surface area contributed by atoms with E-state index in [-0.39, 0.29) is 25.2 Å². The second kappa shape index (κ2) is 60.8. The van der Waals surface area contributed by atoms with E-state index in [1.807, 2.05) is 0 Å². The van der Waals surface area contributed by atoms with E-state index < -0.39 is 6.10 Å². The molecule has 0 aliphatic rings. The molecule has 72 heavy (non-hydrogen) atoms. The first-order valence-electron chi connectivity index (χ1n) is 29.0. The summed E-state index contributed by atoms with van der Waals surface area (Å²) in [6, 6.07) is 0. The van der Waals surface area contributed by atoms with Gasteiger partial charge in [0.1, 0.15) is 6.61 Å². The molecule has 0 aromatic heterocycles. The Morgan fingerprint density at radius 1 is 0.333 bits per heavy atom. The molecule has 0 spiro atoms. The van der Waals surface area contributed by atoms with Crippen LogP contribution in [0.5, 0.6) is 0 Å². The lowest BCUT2D eigenvalue weighted by Gasteiger charge is -2.15. The van der Waals surface area contributed by atoms with Gasteiger partial charge in [0.25, 0.3) is 0 Å². The molecule has 0 amide bonds. The first-order chi connectivity index (χ1) is 35.6. The van der Waals surface area contributed by atoms with Crippen LogP contribution in [-0.2, 0) is 19.1 Å². The number of carbonyl (C=O) groups excluding carboxylic acids is 2. The molecular formula is C67H106O5. The number of unbranched alkanes of at least 4 members (excludes halogenated alkanes) is 17. The van der Waals surface area contributed by atoms with Gasteiger partial charge in [-0.2, -0.15) is 0 Å². The average molecular weight is 992 g/mol. The molecule has 0 heterocycles. The third kappa shape index (κ3) is 58.1. The molecule has 0 aromatic rings. The molecule has 5 heteroatoms. The van der Waals surface area contributed by atoms with Crippen LogP contribution in [-0.4, -0.2) is 36.4 Å². The van der Waals surface area contributed by atoms with Crippen LogP contribution in [0.15, 0.2) is 158 Å². The van der Waals surface area contributed by atoms with E-state index in [0.29, 0.717) is 12.8 Å².